The monoisotopic (exact) mass is 244 g/mol. The minimum Gasteiger partial charge on any atom is -0.392 e. The van der Waals surface area contributed by atoms with Crippen molar-refractivity contribution in [1.29, 1.82) is 0 Å². The Morgan fingerprint density at radius 2 is 2.12 bits per heavy atom. The van der Waals surface area contributed by atoms with Crippen molar-refractivity contribution in [2.75, 3.05) is 13.1 Å². The van der Waals surface area contributed by atoms with E-state index in [0.717, 1.165) is 12.8 Å². The van der Waals surface area contributed by atoms with E-state index in [2.05, 4.69) is 0 Å². The Bertz CT molecular complexity index is 313. The number of carbonyl (C=O) groups excluding carboxylic acids is 1. The van der Waals surface area contributed by atoms with E-state index < -0.39 is 11.0 Å². The zero-order valence-electron chi connectivity index (χ0n) is 10.1. The number of thiocarbonyl (C=S) groups is 1. The van der Waals surface area contributed by atoms with Gasteiger partial charge in [0.25, 0.3) is 0 Å². The molecule has 0 spiro atoms. The molecule has 1 fully saturated rings. The third-order valence-corrected chi connectivity index (χ3v) is 3.62. The lowest BCUT2D eigenvalue weighted by Crippen LogP contribution is -2.54. The molecule has 1 amide bonds. The van der Waals surface area contributed by atoms with E-state index in [-0.39, 0.29) is 10.9 Å². The molecule has 0 aromatic heterocycles. The molecule has 1 atom stereocenters. The Kier molecular flexibility index (Phi) is 3.59. The molecule has 1 heterocycles. The van der Waals surface area contributed by atoms with Gasteiger partial charge in [0.1, 0.15) is 0 Å². The van der Waals surface area contributed by atoms with E-state index in [4.69, 9.17) is 18.0 Å². The van der Waals surface area contributed by atoms with Crippen LogP contribution in [0.5, 0.6) is 0 Å². The Morgan fingerprint density at radius 3 is 2.56 bits per heavy atom. The van der Waals surface area contributed by atoms with Gasteiger partial charge in [0.15, 0.2) is 0 Å². The number of nitrogens with two attached hydrogens (primary N) is 1. The largest absolute Gasteiger partial charge is 0.392 e. The fourth-order valence-electron chi connectivity index (χ4n) is 1.89. The van der Waals surface area contributed by atoms with E-state index in [9.17, 15) is 9.90 Å². The van der Waals surface area contributed by atoms with Crippen molar-refractivity contribution in [3.05, 3.63) is 0 Å². The summed E-state index contributed by atoms with van der Waals surface area (Å²) in [6.07, 6.45) is 1.54. The summed E-state index contributed by atoms with van der Waals surface area (Å²) < 4.78 is 0. The van der Waals surface area contributed by atoms with E-state index in [1.54, 1.807) is 25.7 Å². The van der Waals surface area contributed by atoms with Gasteiger partial charge in [-0.15, -0.1) is 0 Å². The molecule has 0 aromatic carbocycles. The molecule has 0 aliphatic carbocycles. The first-order valence-electron chi connectivity index (χ1n) is 5.48. The van der Waals surface area contributed by atoms with Crippen LogP contribution < -0.4 is 5.73 Å². The molecule has 92 valence electrons. The highest BCUT2D eigenvalue weighted by Crippen LogP contribution is 2.26. The summed E-state index contributed by atoms with van der Waals surface area (Å²) in [6, 6.07) is 0. The zero-order chi connectivity index (χ0) is 12.6. The topological polar surface area (TPSA) is 66.6 Å². The van der Waals surface area contributed by atoms with Crippen LogP contribution in [0, 0.1) is 5.41 Å². The van der Waals surface area contributed by atoms with E-state index >= 15 is 0 Å². The Labute approximate surface area is 102 Å². The summed E-state index contributed by atoms with van der Waals surface area (Å²) in [5, 5.41) is 9.94. The predicted octanol–water partition coefficient (Wildman–Crippen LogP) is 0.672. The molecule has 0 saturated carbocycles. The summed E-state index contributed by atoms with van der Waals surface area (Å²) in [4.78, 5) is 14.0. The standard InChI is InChI=1S/C11H20N2O2S/c1-10(2,8(12)16)9(14)13-6-4-5-11(3,15)7-13/h15H,4-7H2,1-3H3,(H2,12,16). The van der Waals surface area contributed by atoms with Gasteiger partial charge in [-0.05, 0) is 33.6 Å². The highest BCUT2D eigenvalue weighted by atomic mass is 32.1. The van der Waals surface area contributed by atoms with Gasteiger partial charge in [0, 0.05) is 13.1 Å². The highest BCUT2D eigenvalue weighted by molar-refractivity contribution is 7.80. The SMILES string of the molecule is CC1(O)CCCN(C(=O)C(C)(C)C(N)=S)C1. The number of β-amino-alcohol motifs (C(OH)–C–C–N with tert-alkyl or cyclic N) is 1. The third kappa shape index (κ3) is 2.71. The molecule has 3 N–H and O–H groups in total. The maximum Gasteiger partial charge on any atom is 0.235 e. The molecule has 1 aliphatic rings. The lowest BCUT2D eigenvalue weighted by Gasteiger charge is -2.40. The van der Waals surface area contributed by atoms with Crippen LogP contribution in [0.1, 0.15) is 33.6 Å². The van der Waals surface area contributed by atoms with Crippen LogP contribution in [0.4, 0.5) is 0 Å². The third-order valence-electron chi connectivity index (χ3n) is 3.11. The number of likely N-dealkylation sites (tertiary alicyclic amines) is 1. The summed E-state index contributed by atoms with van der Waals surface area (Å²) in [5.74, 6) is -0.0972. The van der Waals surface area contributed by atoms with Gasteiger partial charge in [0.2, 0.25) is 5.91 Å². The van der Waals surface area contributed by atoms with Crippen LogP contribution in [0.3, 0.4) is 0 Å². The number of amides is 1. The Balaban J connectivity index is 2.79. The summed E-state index contributed by atoms with van der Waals surface area (Å²) >= 11 is 4.90. The molecule has 0 bridgehead atoms. The van der Waals surface area contributed by atoms with Crippen molar-refractivity contribution in [2.45, 2.75) is 39.2 Å². The first-order valence-corrected chi connectivity index (χ1v) is 5.89. The summed E-state index contributed by atoms with van der Waals surface area (Å²) in [6.45, 7) is 6.22. The van der Waals surface area contributed by atoms with Crippen molar-refractivity contribution in [3.8, 4) is 0 Å². The molecule has 0 aromatic rings. The molecule has 4 nitrogen and oxygen atoms in total. The second kappa shape index (κ2) is 4.30. The van der Waals surface area contributed by atoms with Crippen molar-refractivity contribution >= 4 is 23.1 Å². The Morgan fingerprint density at radius 1 is 1.56 bits per heavy atom. The number of carbonyl (C=O) groups is 1. The van der Waals surface area contributed by atoms with Gasteiger partial charge < -0.3 is 15.7 Å². The number of nitrogens with zero attached hydrogens (tertiary/aromatic N) is 1. The van der Waals surface area contributed by atoms with E-state index in [1.165, 1.54) is 0 Å². The maximum atomic E-state index is 12.2. The first-order chi connectivity index (χ1) is 7.17. The van der Waals surface area contributed by atoms with Crippen molar-refractivity contribution in [1.82, 2.24) is 4.90 Å². The van der Waals surface area contributed by atoms with Crippen LogP contribution in [0.25, 0.3) is 0 Å². The van der Waals surface area contributed by atoms with Gasteiger partial charge in [0.05, 0.1) is 16.0 Å². The molecule has 1 aliphatic heterocycles. The molecule has 5 heteroatoms. The molecular formula is C11H20N2O2S. The van der Waals surface area contributed by atoms with Crippen molar-refractivity contribution in [3.63, 3.8) is 0 Å². The van der Waals surface area contributed by atoms with Gasteiger partial charge >= 0.3 is 0 Å². The van der Waals surface area contributed by atoms with Gasteiger partial charge in [-0.1, -0.05) is 12.2 Å². The maximum absolute atomic E-state index is 12.2. The van der Waals surface area contributed by atoms with E-state index in [1.807, 2.05) is 0 Å². The number of hydrogen-bond donors (Lipinski definition) is 2. The normalized spacial score (nSPS) is 26.6. The van der Waals surface area contributed by atoms with Crippen LogP contribution in [-0.2, 0) is 4.79 Å². The second-order valence-corrected chi connectivity index (χ2v) is 5.76. The quantitative estimate of drug-likeness (QED) is 0.701. The predicted molar refractivity (Wildman–Crippen MR) is 67.0 cm³/mol. The summed E-state index contributed by atoms with van der Waals surface area (Å²) in [7, 11) is 0. The average Bonchev–Trinajstić information content (AvgIpc) is 2.14. The van der Waals surface area contributed by atoms with Crippen molar-refractivity contribution < 1.29 is 9.90 Å². The van der Waals surface area contributed by atoms with Gasteiger partial charge in [-0.25, -0.2) is 0 Å². The van der Waals surface area contributed by atoms with Crippen LogP contribution in [0.15, 0.2) is 0 Å². The number of aliphatic hydroxyl groups is 1. The van der Waals surface area contributed by atoms with Gasteiger partial charge in [-0.2, -0.15) is 0 Å². The fourth-order valence-corrected chi connectivity index (χ4v) is 1.98. The smallest absolute Gasteiger partial charge is 0.235 e. The molecular weight excluding hydrogens is 224 g/mol. The minimum absolute atomic E-state index is 0.0972. The average molecular weight is 244 g/mol. The lowest BCUT2D eigenvalue weighted by atomic mass is 9.88. The van der Waals surface area contributed by atoms with Crippen LogP contribution in [0.2, 0.25) is 0 Å². The number of piperidine rings is 1. The number of hydrogen-bond acceptors (Lipinski definition) is 3. The highest BCUT2D eigenvalue weighted by Gasteiger charge is 2.39. The van der Waals surface area contributed by atoms with Gasteiger partial charge in [-0.3, -0.25) is 4.79 Å². The molecule has 16 heavy (non-hydrogen) atoms. The minimum atomic E-state index is -0.831. The fraction of sp³-hybridized carbons (Fsp3) is 0.818. The molecule has 1 unspecified atom stereocenters. The van der Waals surface area contributed by atoms with Crippen LogP contribution in [-0.4, -0.2) is 39.6 Å². The number of rotatable bonds is 2. The van der Waals surface area contributed by atoms with Crippen LogP contribution >= 0.6 is 12.2 Å². The first kappa shape index (κ1) is 13.4. The molecule has 1 saturated heterocycles. The van der Waals surface area contributed by atoms with Crippen molar-refractivity contribution in [2.24, 2.45) is 11.1 Å². The zero-order valence-corrected chi connectivity index (χ0v) is 10.9. The molecule has 0 radical (unpaired) electrons. The Hall–Kier alpha value is -0.680. The second-order valence-electron chi connectivity index (χ2n) is 5.32. The lowest BCUT2D eigenvalue weighted by molar-refractivity contribution is -0.143. The molecule has 1 rings (SSSR count). The van der Waals surface area contributed by atoms with E-state index in [0.29, 0.717) is 13.1 Å². The summed E-state index contributed by atoms with van der Waals surface area (Å²) in [5.41, 5.74) is 3.94.